The van der Waals surface area contributed by atoms with Gasteiger partial charge in [0.2, 0.25) is 0 Å². The van der Waals surface area contributed by atoms with Crippen LogP contribution in [0.15, 0.2) is 6.33 Å². The minimum Gasteiger partial charge on any atom is -0.299 e. The van der Waals surface area contributed by atoms with Gasteiger partial charge in [-0.3, -0.25) is 4.79 Å². The van der Waals surface area contributed by atoms with Gasteiger partial charge < -0.3 is 0 Å². The van der Waals surface area contributed by atoms with Gasteiger partial charge in [0, 0.05) is 13.0 Å². The number of carbonyl (C=O) groups excluding carboxylic acids is 1. The highest BCUT2D eigenvalue weighted by Crippen LogP contribution is 2.29. The van der Waals surface area contributed by atoms with Crippen molar-refractivity contribution >= 4 is 5.78 Å². The molecule has 0 spiro atoms. The Balaban J connectivity index is 2.28. The van der Waals surface area contributed by atoms with Crippen molar-refractivity contribution < 1.29 is 4.79 Å². The Labute approximate surface area is 77.0 Å². The molecule has 1 aliphatic carbocycles. The van der Waals surface area contributed by atoms with Crippen LogP contribution in [0.3, 0.4) is 0 Å². The molecule has 1 saturated carbocycles. The zero-order chi connectivity index (χ0) is 9.26. The summed E-state index contributed by atoms with van der Waals surface area (Å²) in [5, 5.41) is 4.07. The number of hydrogen-bond donors (Lipinski definition) is 0. The first-order valence-electron chi connectivity index (χ1n) is 4.73. The summed E-state index contributed by atoms with van der Waals surface area (Å²) in [5.41, 5.74) is 0. The average molecular weight is 179 g/mol. The smallest absolute Gasteiger partial charge is 0.143 e. The van der Waals surface area contributed by atoms with Gasteiger partial charge in [0.1, 0.15) is 17.9 Å². The summed E-state index contributed by atoms with van der Waals surface area (Å²) in [6.07, 6.45) is 4.18. The number of nitrogens with zero attached hydrogens (tertiary/aromatic N) is 3. The van der Waals surface area contributed by atoms with Gasteiger partial charge >= 0.3 is 0 Å². The Morgan fingerprint density at radius 2 is 2.54 bits per heavy atom. The standard InChI is InChI=1S/C9H13N3O/c1-2-12-9(10-6-11-12)7-4-3-5-8(7)13/h6-7H,2-5H2,1H3. The van der Waals surface area contributed by atoms with E-state index in [2.05, 4.69) is 10.1 Å². The lowest BCUT2D eigenvalue weighted by molar-refractivity contribution is -0.118. The third-order valence-electron chi connectivity index (χ3n) is 2.56. The molecule has 0 aliphatic heterocycles. The predicted octanol–water partition coefficient (Wildman–Crippen LogP) is 1.13. The van der Waals surface area contributed by atoms with Crippen molar-refractivity contribution in [3.8, 4) is 0 Å². The summed E-state index contributed by atoms with van der Waals surface area (Å²) in [6, 6.07) is 0. The Morgan fingerprint density at radius 3 is 3.15 bits per heavy atom. The Kier molecular flexibility index (Phi) is 2.12. The van der Waals surface area contributed by atoms with Gasteiger partial charge in [0.25, 0.3) is 0 Å². The van der Waals surface area contributed by atoms with Crippen molar-refractivity contribution in [2.24, 2.45) is 0 Å². The first-order valence-corrected chi connectivity index (χ1v) is 4.73. The molecule has 1 unspecified atom stereocenters. The fraction of sp³-hybridized carbons (Fsp3) is 0.667. The number of aryl methyl sites for hydroxylation is 1. The number of ketones is 1. The van der Waals surface area contributed by atoms with Crippen LogP contribution < -0.4 is 0 Å². The quantitative estimate of drug-likeness (QED) is 0.683. The molecule has 1 fully saturated rings. The van der Waals surface area contributed by atoms with Gasteiger partial charge in [0.05, 0.1) is 5.92 Å². The van der Waals surface area contributed by atoms with Crippen LogP contribution in [0.1, 0.15) is 37.9 Å². The molecule has 0 N–H and O–H groups in total. The topological polar surface area (TPSA) is 47.8 Å². The average Bonchev–Trinajstić information content (AvgIpc) is 2.71. The van der Waals surface area contributed by atoms with Gasteiger partial charge in [0.15, 0.2) is 0 Å². The third-order valence-corrected chi connectivity index (χ3v) is 2.56. The van der Waals surface area contributed by atoms with Crippen LogP contribution in [0.2, 0.25) is 0 Å². The van der Waals surface area contributed by atoms with E-state index in [1.807, 2.05) is 11.6 Å². The normalized spacial score (nSPS) is 22.5. The Morgan fingerprint density at radius 1 is 1.69 bits per heavy atom. The summed E-state index contributed by atoms with van der Waals surface area (Å²) in [6.45, 7) is 2.80. The highest BCUT2D eigenvalue weighted by atomic mass is 16.1. The molecule has 4 nitrogen and oxygen atoms in total. The monoisotopic (exact) mass is 179 g/mol. The first kappa shape index (κ1) is 8.41. The van der Waals surface area contributed by atoms with E-state index in [1.54, 1.807) is 0 Å². The van der Waals surface area contributed by atoms with Crippen molar-refractivity contribution in [3.05, 3.63) is 12.2 Å². The van der Waals surface area contributed by atoms with Crippen molar-refractivity contribution in [2.75, 3.05) is 0 Å². The number of carbonyl (C=O) groups is 1. The summed E-state index contributed by atoms with van der Waals surface area (Å²) < 4.78 is 1.81. The molecule has 0 bridgehead atoms. The van der Waals surface area contributed by atoms with Crippen LogP contribution in [0.25, 0.3) is 0 Å². The van der Waals surface area contributed by atoms with Crippen LogP contribution in [0.4, 0.5) is 0 Å². The van der Waals surface area contributed by atoms with Gasteiger partial charge in [-0.05, 0) is 19.8 Å². The molecular formula is C9H13N3O. The highest BCUT2D eigenvalue weighted by Gasteiger charge is 2.29. The van der Waals surface area contributed by atoms with Crippen LogP contribution in [0, 0.1) is 0 Å². The molecule has 1 atom stereocenters. The molecule has 4 heteroatoms. The van der Waals surface area contributed by atoms with Crippen molar-refractivity contribution in [2.45, 2.75) is 38.6 Å². The van der Waals surface area contributed by atoms with E-state index in [-0.39, 0.29) is 5.92 Å². The van der Waals surface area contributed by atoms with E-state index in [9.17, 15) is 4.79 Å². The minimum absolute atomic E-state index is 0.0162. The molecule has 0 saturated heterocycles. The van der Waals surface area contributed by atoms with Gasteiger partial charge in [-0.1, -0.05) is 0 Å². The molecule has 0 radical (unpaired) electrons. The molecule has 70 valence electrons. The lowest BCUT2D eigenvalue weighted by Crippen LogP contribution is -2.12. The zero-order valence-electron chi connectivity index (χ0n) is 7.73. The summed E-state index contributed by atoms with van der Waals surface area (Å²) >= 11 is 0. The second-order valence-electron chi connectivity index (χ2n) is 3.35. The molecular weight excluding hydrogens is 166 g/mol. The number of aromatic nitrogens is 3. The van der Waals surface area contributed by atoms with Gasteiger partial charge in [-0.25, -0.2) is 9.67 Å². The molecule has 1 aromatic rings. The maximum atomic E-state index is 11.5. The summed E-state index contributed by atoms with van der Waals surface area (Å²) in [5.74, 6) is 1.19. The third kappa shape index (κ3) is 1.36. The number of Topliss-reactive ketones (excluding diaryl/α,β-unsaturated/α-hetero) is 1. The predicted molar refractivity (Wildman–Crippen MR) is 47.3 cm³/mol. The van der Waals surface area contributed by atoms with Crippen LogP contribution in [-0.2, 0) is 11.3 Å². The molecule has 1 aliphatic rings. The molecule has 2 rings (SSSR count). The highest BCUT2D eigenvalue weighted by molar-refractivity contribution is 5.86. The van der Waals surface area contributed by atoms with E-state index in [0.29, 0.717) is 12.2 Å². The summed E-state index contributed by atoms with van der Waals surface area (Å²) in [7, 11) is 0. The van der Waals surface area contributed by atoms with Crippen LogP contribution >= 0.6 is 0 Å². The first-order chi connectivity index (χ1) is 6.33. The Bertz CT molecular complexity index is 318. The van der Waals surface area contributed by atoms with Crippen molar-refractivity contribution in [3.63, 3.8) is 0 Å². The molecule has 13 heavy (non-hydrogen) atoms. The van der Waals surface area contributed by atoms with Crippen LogP contribution in [0.5, 0.6) is 0 Å². The largest absolute Gasteiger partial charge is 0.299 e. The second-order valence-corrected chi connectivity index (χ2v) is 3.35. The van der Waals surface area contributed by atoms with Gasteiger partial charge in [-0.15, -0.1) is 0 Å². The van der Waals surface area contributed by atoms with E-state index in [4.69, 9.17) is 0 Å². The van der Waals surface area contributed by atoms with Gasteiger partial charge in [-0.2, -0.15) is 5.10 Å². The second kappa shape index (κ2) is 3.28. The van der Waals surface area contributed by atoms with Crippen LogP contribution in [-0.4, -0.2) is 20.5 Å². The number of rotatable bonds is 2. The minimum atomic E-state index is 0.0162. The van der Waals surface area contributed by atoms with Crippen molar-refractivity contribution in [1.29, 1.82) is 0 Å². The van der Waals surface area contributed by atoms with E-state index < -0.39 is 0 Å². The Hall–Kier alpha value is -1.19. The maximum absolute atomic E-state index is 11.5. The summed E-state index contributed by atoms with van der Waals surface area (Å²) in [4.78, 5) is 15.6. The molecule has 1 aromatic heterocycles. The lowest BCUT2D eigenvalue weighted by atomic mass is 10.1. The SMILES string of the molecule is CCn1ncnc1C1CCCC1=O. The molecule has 1 heterocycles. The molecule has 0 amide bonds. The van der Waals surface area contributed by atoms with E-state index in [0.717, 1.165) is 25.2 Å². The fourth-order valence-electron chi connectivity index (χ4n) is 1.88. The van der Waals surface area contributed by atoms with E-state index in [1.165, 1.54) is 6.33 Å². The van der Waals surface area contributed by atoms with E-state index >= 15 is 0 Å². The zero-order valence-corrected chi connectivity index (χ0v) is 7.73. The number of hydrogen-bond acceptors (Lipinski definition) is 3. The van der Waals surface area contributed by atoms with Crippen molar-refractivity contribution in [1.82, 2.24) is 14.8 Å². The fourth-order valence-corrected chi connectivity index (χ4v) is 1.88. The maximum Gasteiger partial charge on any atom is 0.143 e. The lowest BCUT2D eigenvalue weighted by Gasteiger charge is -2.07. The molecule has 0 aromatic carbocycles.